The summed E-state index contributed by atoms with van der Waals surface area (Å²) in [6.07, 6.45) is 9.43. The normalized spacial score (nSPS) is 10.7. The van der Waals surface area contributed by atoms with Crippen molar-refractivity contribution >= 4 is 0 Å². The molecule has 3 heteroatoms. The van der Waals surface area contributed by atoms with E-state index in [1.165, 1.54) is 19.3 Å². The van der Waals surface area contributed by atoms with Gasteiger partial charge in [0.05, 0.1) is 6.07 Å². The van der Waals surface area contributed by atoms with Crippen molar-refractivity contribution in [2.45, 2.75) is 39.0 Å². The highest BCUT2D eigenvalue weighted by Gasteiger charge is 2.06. The van der Waals surface area contributed by atoms with Gasteiger partial charge in [-0.3, -0.25) is 4.90 Å². The minimum absolute atomic E-state index is 0.634. The molecule has 114 valence electrons. The Balaban J connectivity index is 3.98. The summed E-state index contributed by atoms with van der Waals surface area (Å²) in [5, 5.41) is 8.73. The molecule has 0 saturated heterocycles. The fourth-order valence-electron chi connectivity index (χ4n) is 2.27. The quantitative estimate of drug-likeness (QED) is 0.360. The number of nitrogens with zero attached hydrogens (tertiary/aromatic N) is 3. The molecule has 0 atom stereocenters. The van der Waals surface area contributed by atoms with Crippen molar-refractivity contribution in [3.8, 4) is 6.07 Å². The van der Waals surface area contributed by atoms with Gasteiger partial charge in [0.1, 0.15) is 0 Å². The minimum Gasteiger partial charge on any atom is -0.302 e. The lowest BCUT2D eigenvalue weighted by atomic mass is 10.2. The van der Waals surface area contributed by atoms with E-state index in [2.05, 4.69) is 36.0 Å². The highest BCUT2D eigenvalue weighted by molar-refractivity contribution is 4.80. The fourth-order valence-corrected chi connectivity index (χ4v) is 2.27. The summed E-state index contributed by atoms with van der Waals surface area (Å²) in [7, 11) is 0. The molecular formula is C17H31N3. The zero-order valence-electron chi connectivity index (χ0n) is 13.2. The zero-order chi connectivity index (χ0) is 15.1. The van der Waals surface area contributed by atoms with Gasteiger partial charge >= 0.3 is 0 Å². The molecule has 20 heavy (non-hydrogen) atoms. The smallest absolute Gasteiger partial charge is 0.0635 e. The monoisotopic (exact) mass is 277 g/mol. The van der Waals surface area contributed by atoms with Crippen LogP contribution in [0.1, 0.15) is 39.0 Å². The average molecular weight is 277 g/mol. The number of hydrogen-bond acceptors (Lipinski definition) is 3. The summed E-state index contributed by atoms with van der Waals surface area (Å²) in [4.78, 5) is 4.77. The van der Waals surface area contributed by atoms with Gasteiger partial charge in [-0.05, 0) is 25.9 Å². The molecule has 0 N–H and O–H groups in total. The highest BCUT2D eigenvalue weighted by Crippen LogP contribution is 2.02. The van der Waals surface area contributed by atoms with E-state index in [-0.39, 0.29) is 0 Å². The first-order chi connectivity index (χ1) is 9.78. The molecule has 0 saturated carbocycles. The third-order valence-electron chi connectivity index (χ3n) is 3.34. The third-order valence-corrected chi connectivity index (χ3v) is 3.34. The van der Waals surface area contributed by atoms with Gasteiger partial charge in [0.2, 0.25) is 0 Å². The van der Waals surface area contributed by atoms with Crippen LogP contribution in [0.5, 0.6) is 0 Å². The summed E-state index contributed by atoms with van der Waals surface area (Å²) < 4.78 is 0. The molecule has 0 aromatic rings. The van der Waals surface area contributed by atoms with Gasteiger partial charge in [-0.15, -0.1) is 13.2 Å². The molecule has 0 aliphatic carbocycles. The fraction of sp³-hybridized carbons (Fsp3) is 0.706. The molecular weight excluding hydrogens is 246 g/mol. The molecule has 0 unspecified atom stereocenters. The average Bonchev–Trinajstić information content (AvgIpc) is 2.44. The lowest BCUT2D eigenvalue weighted by molar-refractivity contribution is 0.244. The molecule has 0 amide bonds. The van der Waals surface area contributed by atoms with Crippen LogP contribution in [0.4, 0.5) is 0 Å². The predicted molar refractivity (Wildman–Crippen MR) is 87.6 cm³/mol. The molecule has 0 heterocycles. The van der Waals surface area contributed by atoms with Crippen LogP contribution in [0.15, 0.2) is 25.3 Å². The summed E-state index contributed by atoms with van der Waals surface area (Å²) in [6.45, 7) is 15.8. The number of nitriles is 1. The number of hydrogen-bond donors (Lipinski definition) is 0. The maximum absolute atomic E-state index is 8.73. The largest absolute Gasteiger partial charge is 0.302 e. The summed E-state index contributed by atoms with van der Waals surface area (Å²) >= 11 is 0. The van der Waals surface area contributed by atoms with E-state index >= 15 is 0 Å². The first-order valence-corrected chi connectivity index (χ1v) is 7.81. The van der Waals surface area contributed by atoms with Crippen molar-refractivity contribution < 1.29 is 0 Å². The first kappa shape index (κ1) is 18.9. The zero-order valence-corrected chi connectivity index (χ0v) is 13.2. The number of unbranched alkanes of at least 4 members (excludes halogenated alkanes) is 2. The Labute approximate surface area is 125 Å². The lowest BCUT2D eigenvalue weighted by Gasteiger charge is -2.24. The van der Waals surface area contributed by atoms with Crippen molar-refractivity contribution in [2.24, 2.45) is 0 Å². The van der Waals surface area contributed by atoms with E-state index in [4.69, 9.17) is 5.26 Å². The minimum atomic E-state index is 0.634. The van der Waals surface area contributed by atoms with Gasteiger partial charge in [-0.1, -0.05) is 31.9 Å². The van der Waals surface area contributed by atoms with E-state index in [0.717, 1.165) is 45.7 Å². The van der Waals surface area contributed by atoms with Gasteiger partial charge in [-0.2, -0.15) is 5.26 Å². The van der Waals surface area contributed by atoms with Crippen molar-refractivity contribution in [1.82, 2.24) is 9.80 Å². The molecule has 0 aromatic carbocycles. The molecule has 0 fully saturated rings. The van der Waals surface area contributed by atoms with E-state index in [1.54, 1.807) is 0 Å². The second-order valence-electron chi connectivity index (χ2n) is 5.15. The maximum atomic E-state index is 8.73. The van der Waals surface area contributed by atoms with Crippen molar-refractivity contribution in [3.63, 3.8) is 0 Å². The van der Waals surface area contributed by atoms with Crippen molar-refractivity contribution in [3.05, 3.63) is 25.3 Å². The highest BCUT2D eigenvalue weighted by atomic mass is 15.1. The molecule has 0 radical (unpaired) electrons. The summed E-state index contributed by atoms with van der Waals surface area (Å²) in [5.74, 6) is 0. The van der Waals surface area contributed by atoms with Crippen LogP contribution in [0.2, 0.25) is 0 Å². The van der Waals surface area contributed by atoms with Gasteiger partial charge in [-0.25, -0.2) is 0 Å². The Morgan fingerprint density at radius 1 is 0.900 bits per heavy atom. The molecule has 3 nitrogen and oxygen atoms in total. The standard InChI is InChI=1S/C17H31N3/c1-4-7-8-14-20(15-9-11-18)17-10-16-19(12-5-2)13-6-3/h5-6H,2-4,7-10,12-17H2,1H3. The Kier molecular flexibility index (Phi) is 13.5. The Bertz CT molecular complexity index is 270. The lowest BCUT2D eigenvalue weighted by Crippen LogP contribution is -2.31. The summed E-state index contributed by atoms with van der Waals surface area (Å²) in [6, 6.07) is 2.25. The molecule has 0 bridgehead atoms. The van der Waals surface area contributed by atoms with Crippen molar-refractivity contribution in [2.75, 3.05) is 39.3 Å². The van der Waals surface area contributed by atoms with Crippen molar-refractivity contribution in [1.29, 1.82) is 5.26 Å². The Morgan fingerprint density at radius 2 is 1.50 bits per heavy atom. The van der Waals surface area contributed by atoms with Crippen LogP contribution < -0.4 is 0 Å². The van der Waals surface area contributed by atoms with Crippen LogP contribution in [-0.2, 0) is 0 Å². The van der Waals surface area contributed by atoms with Crippen LogP contribution in [0.25, 0.3) is 0 Å². The number of rotatable bonds is 14. The molecule has 0 aliphatic heterocycles. The van der Waals surface area contributed by atoms with Gasteiger partial charge in [0.25, 0.3) is 0 Å². The van der Waals surface area contributed by atoms with Gasteiger partial charge in [0.15, 0.2) is 0 Å². The Morgan fingerprint density at radius 3 is 2.05 bits per heavy atom. The Hall–Kier alpha value is -1.11. The molecule has 0 rings (SSSR count). The van der Waals surface area contributed by atoms with Crippen LogP contribution in [0.3, 0.4) is 0 Å². The second kappa shape index (κ2) is 14.3. The van der Waals surface area contributed by atoms with Gasteiger partial charge in [0, 0.05) is 32.6 Å². The van der Waals surface area contributed by atoms with Crippen LogP contribution in [-0.4, -0.2) is 49.1 Å². The predicted octanol–water partition coefficient (Wildman–Crippen LogP) is 3.46. The SMILES string of the molecule is C=CCN(CC=C)CCCN(CCC#N)CCCCC. The topological polar surface area (TPSA) is 30.3 Å². The van der Waals surface area contributed by atoms with Crippen LogP contribution in [0, 0.1) is 11.3 Å². The van der Waals surface area contributed by atoms with E-state index in [0.29, 0.717) is 6.42 Å². The first-order valence-electron chi connectivity index (χ1n) is 7.81. The third kappa shape index (κ3) is 10.8. The second-order valence-corrected chi connectivity index (χ2v) is 5.15. The maximum Gasteiger partial charge on any atom is 0.0635 e. The van der Waals surface area contributed by atoms with E-state index < -0.39 is 0 Å². The molecule has 0 spiro atoms. The molecule has 0 aromatic heterocycles. The summed E-state index contributed by atoms with van der Waals surface area (Å²) in [5.41, 5.74) is 0. The molecule has 0 aliphatic rings. The van der Waals surface area contributed by atoms with E-state index in [1.807, 2.05) is 12.2 Å². The van der Waals surface area contributed by atoms with Crippen LogP contribution >= 0.6 is 0 Å². The van der Waals surface area contributed by atoms with Gasteiger partial charge < -0.3 is 4.90 Å². The van der Waals surface area contributed by atoms with E-state index in [9.17, 15) is 0 Å².